The summed E-state index contributed by atoms with van der Waals surface area (Å²) in [6, 6.07) is 0. The average molecular weight is 426 g/mol. The zero-order valence-corrected chi connectivity index (χ0v) is 16.8. The first kappa shape index (κ1) is 21.9. The van der Waals surface area contributed by atoms with Crippen LogP contribution in [0.15, 0.2) is 24.3 Å². The maximum absolute atomic E-state index is 12.4. The van der Waals surface area contributed by atoms with Crippen molar-refractivity contribution in [1.29, 1.82) is 0 Å². The minimum absolute atomic E-state index is 0.110. The smallest absolute Gasteiger partial charge is 0.309 e. The summed E-state index contributed by atoms with van der Waals surface area (Å²) in [6.07, 6.45) is -8.06. The quantitative estimate of drug-likeness (QED) is 0.279. The van der Waals surface area contributed by atoms with Crippen LogP contribution in [0.3, 0.4) is 0 Å². The highest BCUT2D eigenvalue weighted by Gasteiger charge is 2.58. The van der Waals surface area contributed by atoms with Gasteiger partial charge in [0, 0.05) is 11.8 Å². The number of hydrogen-bond donors (Lipinski definition) is 5. The van der Waals surface area contributed by atoms with Gasteiger partial charge in [-0.05, 0) is 24.3 Å². The largest absolute Gasteiger partial charge is 0.461 e. The summed E-state index contributed by atoms with van der Waals surface area (Å²) in [5, 5.41) is 50.2. The molecule has 0 radical (unpaired) electrons. The summed E-state index contributed by atoms with van der Waals surface area (Å²) >= 11 is 0. The predicted molar refractivity (Wildman–Crippen MR) is 102 cm³/mol. The molecule has 4 rings (SSSR count). The molecule has 2 aliphatic heterocycles. The minimum atomic E-state index is -1.56. The number of rotatable bonds is 3. The Morgan fingerprint density at radius 3 is 2.50 bits per heavy atom. The van der Waals surface area contributed by atoms with Gasteiger partial charge in [0.25, 0.3) is 0 Å². The number of esters is 1. The van der Waals surface area contributed by atoms with Crippen LogP contribution in [0.25, 0.3) is 0 Å². The van der Waals surface area contributed by atoms with Crippen LogP contribution in [0.1, 0.15) is 19.8 Å². The van der Waals surface area contributed by atoms with Gasteiger partial charge in [0.05, 0.1) is 24.7 Å². The average Bonchev–Trinajstić information content (AvgIpc) is 3.13. The number of aliphatic hydroxyl groups excluding tert-OH is 5. The van der Waals surface area contributed by atoms with Crippen LogP contribution >= 0.6 is 0 Å². The summed E-state index contributed by atoms with van der Waals surface area (Å²) in [6.45, 7) is 9.38. The lowest BCUT2D eigenvalue weighted by molar-refractivity contribution is -0.316. The van der Waals surface area contributed by atoms with Crippen molar-refractivity contribution >= 4 is 5.97 Å². The van der Waals surface area contributed by atoms with E-state index in [-0.39, 0.29) is 17.8 Å². The molecule has 2 saturated carbocycles. The zero-order valence-electron chi connectivity index (χ0n) is 16.8. The van der Waals surface area contributed by atoms with Gasteiger partial charge < -0.3 is 39.7 Å². The fourth-order valence-electron chi connectivity index (χ4n) is 5.52. The van der Waals surface area contributed by atoms with Gasteiger partial charge in [0.2, 0.25) is 0 Å². The molecule has 5 N–H and O–H groups in total. The molecule has 2 aliphatic carbocycles. The van der Waals surface area contributed by atoms with Gasteiger partial charge in [-0.15, -0.1) is 0 Å². The molecule has 2 heterocycles. The van der Waals surface area contributed by atoms with E-state index in [1.807, 2.05) is 0 Å². The lowest BCUT2D eigenvalue weighted by Gasteiger charge is -2.42. The van der Waals surface area contributed by atoms with E-state index in [2.05, 4.69) is 13.2 Å². The maximum Gasteiger partial charge on any atom is 0.309 e. The Morgan fingerprint density at radius 2 is 1.83 bits per heavy atom. The summed E-state index contributed by atoms with van der Waals surface area (Å²) in [7, 11) is 0. The first-order chi connectivity index (χ1) is 14.1. The van der Waals surface area contributed by atoms with Gasteiger partial charge in [0.1, 0.15) is 30.5 Å². The van der Waals surface area contributed by atoms with Crippen LogP contribution < -0.4 is 0 Å². The molecule has 0 amide bonds. The topological polar surface area (TPSA) is 146 Å². The fourth-order valence-corrected chi connectivity index (χ4v) is 5.52. The molecule has 1 unspecified atom stereocenters. The third-order valence-electron chi connectivity index (χ3n) is 7.28. The zero-order chi connectivity index (χ0) is 21.9. The van der Waals surface area contributed by atoms with Crippen molar-refractivity contribution in [3.63, 3.8) is 0 Å². The van der Waals surface area contributed by atoms with E-state index < -0.39 is 67.5 Å². The second kappa shape index (κ2) is 7.98. The van der Waals surface area contributed by atoms with Gasteiger partial charge in [-0.2, -0.15) is 0 Å². The van der Waals surface area contributed by atoms with Gasteiger partial charge in [-0.1, -0.05) is 25.7 Å². The van der Waals surface area contributed by atoms with Gasteiger partial charge in [-0.3, -0.25) is 4.79 Å². The predicted octanol–water partition coefficient (Wildman–Crippen LogP) is -1.14. The Morgan fingerprint density at radius 1 is 1.13 bits per heavy atom. The highest BCUT2D eigenvalue weighted by molar-refractivity contribution is 5.75. The van der Waals surface area contributed by atoms with E-state index in [1.54, 1.807) is 6.92 Å². The van der Waals surface area contributed by atoms with Crippen LogP contribution in [0.4, 0.5) is 0 Å². The van der Waals surface area contributed by atoms with E-state index in [1.165, 1.54) is 0 Å². The van der Waals surface area contributed by atoms with Gasteiger partial charge >= 0.3 is 5.97 Å². The van der Waals surface area contributed by atoms with Gasteiger partial charge in [-0.25, -0.2) is 0 Å². The first-order valence-electron chi connectivity index (χ1n) is 10.4. The monoisotopic (exact) mass is 426 g/mol. The summed E-state index contributed by atoms with van der Waals surface area (Å²) < 4.78 is 17.3. The highest BCUT2D eigenvalue weighted by Crippen LogP contribution is 2.53. The summed E-state index contributed by atoms with van der Waals surface area (Å²) in [5.41, 5.74) is 1.44. The number of carbonyl (C=O) groups excluding carboxylic acids is 1. The van der Waals surface area contributed by atoms with Crippen molar-refractivity contribution in [1.82, 2.24) is 0 Å². The van der Waals surface area contributed by atoms with Crippen molar-refractivity contribution in [3.05, 3.63) is 24.3 Å². The van der Waals surface area contributed by atoms with Crippen molar-refractivity contribution in [3.8, 4) is 0 Å². The Balaban J connectivity index is 1.62. The molecule has 0 spiro atoms. The normalized spacial score (nSPS) is 51.3. The van der Waals surface area contributed by atoms with Crippen molar-refractivity contribution < 1.29 is 44.5 Å². The molecule has 168 valence electrons. The Hall–Kier alpha value is -1.33. The summed E-state index contributed by atoms with van der Waals surface area (Å²) in [4.78, 5) is 12.4. The number of aliphatic hydroxyl groups is 5. The van der Waals surface area contributed by atoms with Crippen molar-refractivity contribution in [2.24, 2.45) is 23.7 Å². The van der Waals surface area contributed by atoms with Crippen LogP contribution in [0, 0.1) is 23.7 Å². The van der Waals surface area contributed by atoms with Gasteiger partial charge in [0.15, 0.2) is 6.29 Å². The lowest BCUT2D eigenvalue weighted by atomic mass is 9.79. The highest BCUT2D eigenvalue weighted by atomic mass is 16.7. The standard InChI is InChI=1S/C21H30O9/c1-7-4-12(28-21-18(26)17(25)16(24)13(6-22)29-21)15-9(3)20(27)30-19(15)14-8(2)11(23)5-10(7)14/h9-19,21-26H,1-2,4-6H2,3H3/t9-,10?,11-,12-,13+,14-,15+,16+,17-,18+,19+,21+/m0/s1. The molecule has 9 heteroatoms. The van der Waals surface area contributed by atoms with Crippen LogP contribution in [0.2, 0.25) is 0 Å². The van der Waals surface area contributed by atoms with E-state index in [4.69, 9.17) is 14.2 Å². The van der Waals surface area contributed by atoms with Crippen LogP contribution in [-0.2, 0) is 19.0 Å². The molecule has 4 fully saturated rings. The molecular formula is C21H30O9. The molecule has 2 saturated heterocycles. The molecule has 4 aliphatic rings. The van der Waals surface area contributed by atoms with E-state index in [0.29, 0.717) is 18.4 Å². The van der Waals surface area contributed by atoms with Crippen molar-refractivity contribution in [2.75, 3.05) is 6.61 Å². The number of carbonyl (C=O) groups is 1. The SMILES string of the molecule is C=C1C[C@H](O[C@@H]2O[C@H](CO)[C@@H](O)[C@H](O)[C@H]2O)[C@@H]2[C@H](OC(=O)[C@H]2C)[C@H]2C(=C)[C@@H](O)CC12. The number of ether oxygens (including phenoxy) is 3. The molecule has 30 heavy (non-hydrogen) atoms. The Kier molecular flexibility index (Phi) is 5.82. The fraction of sp³-hybridized carbons (Fsp3) is 0.762. The second-order valence-electron chi connectivity index (χ2n) is 8.96. The molecular weight excluding hydrogens is 396 g/mol. The van der Waals surface area contributed by atoms with E-state index in [9.17, 15) is 30.3 Å². The first-order valence-corrected chi connectivity index (χ1v) is 10.4. The second-order valence-corrected chi connectivity index (χ2v) is 8.96. The third-order valence-corrected chi connectivity index (χ3v) is 7.28. The van der Waals surface area contributed by atoms with Crippen molar-refractivity contribution in [2.45, 2.75) is 68.8 Å². The number of hydrogen-bond acceptors (Lipinski definition) is 9. The maximum atomic E-state index is 12.4. The van der Waals surface area contributed by atoms with Crippen LogP contribution in [-0.4, -0.2) is 87.1 Å². The Labute approximate surface area is 174 Å². The third kappa shape index (κ3) is 3.33. The van der Waals surface area contributed by atoms with E-state index >= 15 is 0 Å². The van der Waals surface area contributed by atoms with Crippen LogP contribution in [0.5, 0.6) is 0 Å². The summed E-state index contributed by atoms with van der Waals surface area (Å²) in [5.74, 6) is -1.65. The minimum Gasteiger partial charge on any atom is -0.461 e. The lowest BCUT2D eigenvalue weighted by Crippen LogP contribution is -2.60. The molecule has 0 aromatic heterocycles. The molecule has 0 aromatic carbocycles. The molecule has 0 bridgehead atoms. The Bertz CT molecular complexity index is 721. The number of fused-ring (bicyclic) bond motifs is 3. The molecule has 12 atom stereocenters. The molecule has 0 aromatic rings. The van der Waals surface area contributed by atoms with E-state index in [0.717, 1.165) is 5.57 Å². The molecule has 9 nitrogen and oxygen atoms in total.